The summed E-state index contributed by atoms with van der Waals surface area (Å²) < 4.78 is 5.19. The van der Waals surface area contributed by atoms with Crippen molar-refractivity contribution in [2.45, 2.75) is 45.1 Å². The zero-order valence-electron chi connectivity index (χ0n) is 12.5. The fourth-order valence-electron chi connectivity index (χ4n) is 3.06. The largest absolute Gasteiger partial charge is 0.360 e. The van der Waals surface area contributed by atoms with Gasteiger partial charge in [0.2, 0.25) is 5.91 Å². The van der Waals surface area contributed by atoms with Gasteiger partial charge in [0.15, 0.2) is 5.69 Å². The van der Waals surface area contributed by atoms with E-state index < -0.39 is 0 Å². The monoisotopic (exact) mass is 291 g/mol. The van der Waals surface area contributed by atoms with E-state index >= 15 is 0 Å². The highest BCUT2D eigenvalue weighted by Crippen LogP contribution is 2.23. The summed E-state index contributed by atoms with van der Waals surface area (Å²) in [4.78, 5) is 27.9. The van der Waals surface area contributed by atoms with E-state index in [0.29, 0.717) is 25.2 Å². The van der Waals surface area contributed by atoms with Gasteiger partial charge in [-0.05, 0) is 12.8 Å². The second kappa shape index (κ2) is 5.50. The lowest BCUT2D eigenvalue weighted by Crippen LogP contribution is -2.39. The number of hydrogen-bond donors (Lipinski definition) is 0. The molecule has 1 aromatic heterocycles. The maximum atomic E-state index is 12.4. The van der Waals surface area contributed by atoms with Crippen LogP contribution >= 0.6 is 0 Å². The van der Waals surface area contributed by atoms with Gasteiger partial charge in [-0.2, -0.15) is 0 Å². The predicted octanol–water partition coefficient (Wildman–Crippen LogP) is 1.63. The zero-order valence-corrected chi connectivity index (χ0v) is 12.5. The Labute approximate surface area is 124 Å². The van der Waals surface area contributed by atoms with Gasteiger partial charge in [-0.15, -0.1) is 0 Å². The lowest BCUT2D eigenvalue weighted by atomic mass is 10.1. The van der Waals surface area contributed by atoms with Gasteiger partial charge < -0.3 is 14.3 Å². The number of carbonyl (C=O) groups excluding carboxylic acids is 2. The molecule has 2 fully saturated rings. The molecule has 2 aliphatic heterocycles. The van der Waals surface area contributed by atoms with Gasteiger partial charge in [0.25, 0.3) is 5.91 Å². The maximum Gasteiger partial charge on any atom is 0.276 e. The van der Waals surface area contributed by atoms with Crippen molar-refractivity contribution < 1.29 is 14.1 Å². The van der Waals surface area contributed by atoms with Crippen molar-refractivity contribution in [1.29, 1.82) is 0 Å². The fourth-order valence-corrected chi connectivity index (χ4v) is 3.06. The van der Waals surface area contributed by atoms with Crippen molar-refractivity contribution in [1.82, 2.24) is 15.0 Å². The Balaban J connectivity index is 1.65. The van der Waals surface area contributed by atoms with Crippen molar-refractivity contribution in [3.8, 4) is 0 Å². The molecular formula is C15H21N3O3. The Morgan fingerprint density at radius 3 is 2.86 bits per heavy atom. The van der Waals surface area contributed by atoms with Crippen LogP contribution < -0.4 is 0 Å². The van der Waals surface area contributed by atoms with E-state index in [4.69, 9.17) is 4.52 Å². The molecule has 0 aliphatic carbocycles. The average molecular weight is 291 g/mol. The van der Waals surface area contributed by atoms with E-state index in [2.05, 4.69) is 5.16 Å². The van der Waals surface area contributed by atoms with Crippen LogP contribution in [-0.4, -0.2) is 52.4 Å². The Bertz CT molecular complexity index is 552. The quantitative estimate of drug-likeness (QED) is 0.849. The number of likely N-dealkylation sites (tertiary alicyclic amines) is 2. The fraction of sp³-hybridized carbons (Fsp3) is 0.667. The van der Waals surface area contributed by atoms with Crippen LogP contribution in [0.3, 0.4) is 0 Å². The van der Waals surface area contributed by atoms with Crippen molar-refractivity contribution in [3.05, 3.63) is 17.5 Å². The summed E-state index contributed by atoms with van der Waals surface area (Å²) in [5.74, 6) is 1.06. The summed E-state index contributed by atoms with van der Waals surface area (Å²) in [6, 6.07) is 1.89. The highest BCUT2D eigenvalue weighted by Gasteiger charge is 2.35. The van der Waals surface area contributed by atoms with Crippen LogP contribution in [0.2, 0.25) is 0 Å². The Kier molecular flexibility index (Phi) is 3.69. The standard InChI is InChI=1S/C15H21N3O3/c1-10(2)13-8-12(16-21-13)15(20)17-7-5-11(9-17)18-6-3-4-14(18)19/h8,10-11H,3-7,9H2,1-2H3/t11-/m1/s1. The first-order valence-electron chi connectivity index (χ1n) is 7.61. The molecule has 2 amide bonds. The molecule has 3 heterocycles. The normalized spacial score (nSPS) is 22.6. The third-order valence-corrected chi connectivity index (χ3v) is 4.32. The first-order valence-corrected chi connectivity index (χ1v) is 7.61. The van der Waals surface area contributed by atoms with Crippen molar-refractivity contribution >= 4 is 11.8 Å². The van der Waals surface area contributed by atoms with Gasteiger partial charge in [-0.25, -0.2) is 0 Å². The Hall–Kier alpha value is -1.85. The van der Waals surface area contributed by atoms with E-state index in [1.54, 1.807) is 11.0 Å². The maximum absolute atomic E-state index is 12.4. The molecule has 114 valence electrons. The van der Waals surface area contributed by atoms with Gasteiger partial charge in [0, 0.05) is 38.0 Å². The van der Waals surface area contributed by atoms with E-state index in [0.717, 1.165) is 25.1 Å². The minimum absolute atomic E-state index is 0.0974. The van der Waals surface area contributed by atoms with Crippen molar-refractivity contribution in [2.24, 2.45) is 0 Å². The minimum atomic E-state index is -0.0974. The SMILES string of the molecule is CC(C)c1cc(C(=O)N2CC[C@@H](N3CCCC3=O)C2)no1. The molecular weight excluding hydrogens is 270 g/mol. The molecule has 1 aromatic rings. The molecule has 0 N–H and O–H groups in total. The lowest BCUT2D eigenvalue weighted by Gasteiger charge is -2.23. The minimum Gasteiger partial charge on any atom is -0.360 e. The van der Waals surface area contributed by atoms with Crippen molar-refractivity contribution in [3.63, 3.8) is 0 Å². The molecule has 6 nitrogen and oxygen atoms in total. The summed E-state index contributed by atoms with van der Waals surface area (Å²) in [5.41, 5.74) is 0.368. The summed E-state index contributed by atoms with van der Waals surface area (Å²) in [5, 5.41) is 3.87. The van der Waals surface area contributed by atoms with E-state index in [-0.39, 0.29) is 23.8 Å². The van der Waals surface area contributed by atoms with Crippen LogP contribution in [0.25, 0.3) is 0 Å². The summed E-state index contributed by atoms with van der Waals surface area (Å²) >= 11 is 0. The van der Waals surface area contributed by atoms with Crippen molar-refractivity contribution in [2.75, 3.05) is 19.6 Å². The van der Waals surface area contributed by atoms with Crippen LogP contribution in [-0.2, 0) is 4.79 Å². The highest BCUT2D eigenvalue weighted by atomic mass is 16.5. The first kappa shape index (κ1) is 14.1. The number of nitrogens with zero attached hydrogens (tertiary/aromatic N) is 3. The van der Waals surface area contributed by atoms with Crippen LogP contribution in [0.5, 0.6) is 0 Å². The molecule has 6 heteroatoms. The molecule has 0 radical (unpaired) electrons. The van der Waals surface area contributed by atoms with Gasteiger partial charge in [-0.3, -0.25) is 9.59 Å². The van der Waals surface area contributed by atoms with Crippen LogP contribution in [0.1, 0.15) is 55.3 Å². The van der Waals surface area contributed by atoms with Gasteiger partial charge in [0.1, 0.15) is 5.76 Å². The average Bonchev–Trinajstić information content (AvgIpc) is 3.17. The van der Waals surface area contributed by atoms with E-state index in [1.807, 2.05) is 18.7 Å². The molecule has 3 rings (SSSR count). The second-order valence-corrected chi connectivity index (χ2v) is 6.15. The third kappa shape index (κ3) is 2.66. The smallest absolute Gasteiger partial charge is 0.276 e. The first-order chi connectivity index (χ1) is 10.1. The summed E-state index contributed by atoms with van der Waals surface area (Å²) in [6.45, 7) is 6.11. The molecule has 1 atom stereocenters. The van der Waals surface area contributed by atoms with E-state index in [1.165, 1.54) is 0 Å². The lowest BCUT2D eigenvalue weighted by molar-refractivity contribution is -0.129. The molecule has 21 heavy (non-hydrogen) atoms. The third-order valence-electron chi connectivity index (χ3n) is 4.32. The zero-order chi connectivity index (χ0) is 15.0. The molecule has 0 unspecified atom stereocenters. The number of rotatable bonds is 3. The molecule has 0 spiro atoms. The second-order valence-electron chi connectivity index (χ2n) is 6.15. The van der Waals surface area contributed by atoms with Gasteiger partial charge in [0.05, 0.1) is 6.04 Å². The molecule has 0 aromatic carbocycles. The molecule has 0 saturated carbocycles. The number of carbonyl (C=O) groups is 2. The number of hydrogen-bond acceptors (Lipinski definition) is 4. The highest BCUT2D eigenvalue weighted by molar-refractivity contribution is 5.92. The predicted molar refractivity (Wildman–Crippen MR) is 75.8 cm³/mol. The topological polar surface area (TPSA) is 66.7 Å². The van der Waals surface area contributed by atoms with Crippen LogP contribution in [0, 0.1) is 0 Å². The van der Waals surface area contributed by atoms with Gasteiger partial charge >= 0.3 is 0 Å². The van der Waals surface area contributed by atoms with Crippen LogP contribution in [0.4, 0.5) is 0 Å². The molecule has 2 aliphatic rings. The van der Waals surface area contributed by atoms with Crippen LogP contribution in [0.15, 0.2) is 10.6 Å². The van der Waals surface area contributed by atoms with E-state index in [9.17, 15) is 9.59 Å². The number of amides is 2. The number of aromatic nitrogens is 1. The molecule has 0 bridgehead atoms. The Morgan fingerprint density at radius 2 is 2.24 bits per heavy atom. The summed E-state index contributed by atoms with van der Waals surface area (Å²) in [6.07, 6.45) is 2.43. The van der Waals surface area contributed by atoms with Gasteiger partial charge in [-0.1, -0.05) is 19.0 Å². The summed E-state index contributed by atoms with van der Waals surface area (Å²) in [7, 11) is 0. The Morgan fingerprint density at radius 1 is 1.43 bits per heavy atom. The molecule has 2 saturated heterocycles.